The van der Waals surface area contributed by atoms with Crippen molar-refractivity contribution in [1.29, 1.82) is 0 Å². The second-order valence-electron chi connectivity index (χ2n) is 14.8. The lowest BCUT2D eigenvalue weighted by Gasteiger charge is -2.44. The molecule has 2 N–H and O–H groups in total. The van der Waals surface area contributed by atoms with Gasteiger partial charge in [0.1, 0.15) is 24.5 Å². The number of alkyl halides is 3. The first-order chi connectivity index (χ1) is 29.3. The smallest absolute Gasteiger partial charge is 0.416 e. The van der Waals surface area contributed by atoms with E-state index in [0.717, 1.165) is 28.4 Å². The molecule has 1 atom stereocenters. The number of fused-ring (bicyclic) bond motifs is 4. The van der Waals surface area contributed by atoms with Crippen molar-refractivity contribution < 1.29 is 42.1 Å². The number of morpholine rings is 1. The topological polar surface area (TPSA) is 177 Å². The fraction of sp³-hybridized carbons (Fsp3) is 0.390. The molecular weight excluding hydrogens is 823 g/mol. The van der Waals surface area contributed by atoms with Crippen LogP contribution in [0.15, 0.2) is 65.6 Å². The summed E-state index contributed by atoms with van der Waals surface area (Å²) < 4.78 is 54.4. The first kappa shape index (κ1) is 41.7. The van der Waals surface area contributed by atoms with Crippen LogP contribution >= 0.6 is 11.6 Å². The Morgan fingerprint density at radius 2 is 1.77 bits per heavy atom. The number of amides is 3. The highest BCUT2D eigenvalue weighted by atomic mass is 35.5. The summed E-state index contributed by atoms with van der Waals surface area (Å²) in [4.78, 5) is 68.0. The number of aromatic hydroxyl groups is 1. The molecule has 0 bridgehead atoms. The summed E-state index contributed by atoms with van der Waals surface area (Å²) in [7, 11) is 0. The average Bonchev–Trinajstić information content (AvgIpc) is 3.87. The molecule has 4 aliphatic rings. The van der Waals surface area contributed by atoms with Crippen LogP contribution in [0.25, 0.3) is 17.2 Å². The van der Waals surface area contributed by atoms with Gasteiger partial charge in [0.25, 0.3) is 11.5 Å². The van der Waals surface area contributed by atoms with Gasteiger partial charge in [0, 0.05) is 50.2 Å². The molecule has 3 aromatic heterocycles. The summed E-state index contributed by atoms with van der Waals surface area (Å²) in [5.74, 6) is -1.20. The van der Waals surface area contributed by atoms with Gasteiger partial charge in [0.2, 0.25) is 17.6 Å². The van der Waals surface area contributed by atoms with Gasteiger partial charge >= 0.3 is 6.18 Å². The highest BCUT2D eigenvalue weighted by Crippen LogP contribution is 2.43. The summed E-state index contributed by atoms with van der Waals surface area (Å²) >= 11 is 6.16. The van der Waals surface area contributed by atoms with Gasteiger partial charge in [-0.05, 0) is 67.4 Å². The predicted octanol–water partition coefficient (Wildman–Crippen LogP) is 4.70. The van der Waals surface area contributed by atoms with Crippen molar-refractivity contribution in [1.82, 2.24) is 33.9 Å². The molecule has 3 fully saturated rings. The average molecular weight is 864 g/mol. The maximum Gasteiger partial charge on any atom is 0.416 e. The number of halogens is 4. The SMILES string of the molecule is CC.O=C(Cn1c2c(c(=O)n3nc(-c4ccc(N5CCN6C(=O)COCC6C5)cc4)nc13)C1(CCN(C(=O)c3ncccc3O)CC1)OC2)Nc1ccc(C(F)(F)F)cc1Cl. The van der Waals surface area contributed by atoms with E-state index in [1.54, 1.807) is 0 Å². The third-order valence-corrected chi connectivity index (χ3v) is 11.7. The molecule has 5 aromatic rings. The van der Waals surface area contributed by atoms with Crippen molar-refractivity contribution in [2.75, 3.05) is 56.2 Å². The van der Waals surface area contributed by atoms with Gasteiger partial charge in [0.05, 0.1) is 46.8 Å². The van der Waals surface area contributed by atoms with Gasteiger partial charge in [-0.1, -0.05) is 25.4 Å². The summed E-state index contributed by atoms with van der Waals surface area (Å²) in [5, 5.41) is 17.1. The van der Waals surface area contributed by atoms with Crippen LogP contribution < -0.4 is 15.8 Å². The second-order valence-corrected chi connectivity index (χ2v) is 15.2. The Morgan fingerprint density at radius 3 is 2.48 bits per heavy atom. The first-order valence-electron chi connectivity index (χ1n) is 19.8. The molecular formula is C41H41ClF3N9O7. The van der Waals surface area contributed by atoms with Gasteiger partial charge in [-0.2, -0.15) is 22.7 Å². The van der Waals surface area contributed by atoms with Crippen LogP contribution in [-0.2, 0) is 44.0 Å². The molecule has 3 amide bonds. The summed E-state index contributed by atoms with van der Waals surface area (Å²) in [6.45, 7) is 6.15. The van der Waals surface area contributed by atoms with Crippen LogP contribution in [0.3, 0.4) is 0 Å². The van der Waals surface area contributed by atoms with E-state index in [4.69, 9.17) is 26.1 Å². The van der Waals surface area contributed by atoms with Gasteiger partial charge in [-0.25, -0.2) is 4.98 Å². The number of nitrogens with zero attached hydrogens (tertiary/aromatic N) is 8. The maximum absolute atomic E-state index is 14.5. The zero-order valence-electron chi connectivity index (χ0n) is 33.1. The fourth-order valence-electron chi connectivity index (χ4n) is 8.33. The van der Waals surface area contributed by atoms with Crippen LogP contribution in [0, 0.1) is 0 Å². The number of benzene rings is 2. The van der Waals surface area contributed by atoms with Crippen LogP contribution in [0.1, 0.15) is 54.0 Å². The number of anilines is 2. The molecule has 1 spiro atoms. The van der Waals surface area contributed by atoms with Crippen molar-refractivity contribution in [2.45, 2.75) is 57.7 Å². The number of likely N-dealkylation sites (tertiary alicyclic amines) is 1. The van der Waals surface area contributed by atoms with Crippen molar-refractivity contribution in [3.05, 3.63) is 98.7 Å². The molecule has 20 heteroatoms. The minimum atomic E-state index is -4.64. The first-order valence-corrected chi connectivity index (χ1v) is 20.2. The predicted molar refractivity (Wildman–Crippen MR) is 215 cm³/mol. The number of hydrogen-bond acceptors (Lipinski definition) is 11. The summed E-state index contributed by atoms with van der Waals surface area (Å²) in [6.07, 6.45) is -2.83. The molecule has 320 valence electrons. The molecule has 4 aliphatic heterocycles. The van der Waals surface area contributed by atoms with Crippen LogP contribution in [0.2, 0.25) is 5.02 Å². The van der Waals surface area contributed by atoms with E-state index in [9.17, 15) is 37.5 Å². The lowest BCUT2D eigenvalue weighted by atomic mass is 9.85. The standard InChI is InChI=1S/C39H35ClF3N9O7.C2H6/c40-26-16-23(39(41,42)43)5-8-27(26)45-30(54)18-51-28-20-59-38(9-12-48(13-10-38)36(57)33-29(53)2-1-11-44-33)32(28)35(56)52-37(51)46-34(47-52)22-3-6-24(7-4-22)49-14-15-50-25(17-49)19-58-21-31(50)55;1-2/h1-8,11,16,25,53H,9-10,12-15,17-21H2,(H,45,54);1-2H3. The monoisotopic (exact) mass is 863 g/mol. The number of aromatic nitrogens is 5. The highest BCUT2D eigenvalue weighted by Gasteiger charge is 2.48. The lowest BCUT2D eigenvalue weighted by Crippen LogP contribution is -2.60. The van der Waals surface area contributed by atoms with Gasteiger partial charge in [0.15, 0.2) is 11.5 Å². The number of hydrogen-bond donors (Lipinski definition) is 2. The van der Waals surface area contributed by atoms with Gasteiger partial charge < -0.3 is 39.2 Å². The number of nitrogens with one attached hydrogen (secondary N) is 1. The Kier molecular flexibility index (Phi) is 11.2. The van der Waals surface area contributed by atoms with Crippen molar-refractivity contribution >= 4 is 46.5 Å². The number of piperidine rings is 1. The van der Waals surface area contributed by atoms with Crippen molar-refractivity contribution in [2.24, 2.45) is 0 Å². The van der Waals surface area contributed by atoms with E-state index in [2.05, 4.69) is 20.3 Å². The van der Waals surface area contributed by atoms with Crippen LogP contribution in [0.5, 0.6) is 5.75 Å². The number of rotatable bonds is 6. The normalized spacial score (nSPS) is 18.4. The Balaban J connectivity index is 0.00000253. The zero-order valence-corrected chi connectivity index (χ0v) is 33.9. The quantitative estimate of drug-likeness (QED) is 0.242. The van der Waals surface area contributed by atoms with E-state index in [1.165, 1.54) is 27.8 Å². The van der Waals surface area contributed by atoms with Gasteiger partial charge in [-0.3, -0.25) is 19.2 Å². The minimum absolute atomic E-state index is 0.0178. The molecule has 16 nitrogen and oxygen atoms in total. The molecule has 2 aromatic carbocycles. The van der Waals surface area contributed by atoms with E-state index in [0.29, 0.717) is 37.5 Å². The Morgan fingerprint density at radius 1 is 1.02 bits per heavy atom. The Labute approximate surface area is 351 Å². The van der Waals surface area contributed by atoms with Crippen molar-refractivity contribution in [3.63, 3.8) is 0 Å². The number of pyridine rings is 1. The third kappa shape index (κ3) is 7.76. The molecule has 3 saturated heterocycles. The molecule has 9 rings (SSSR count). The molecule has 0 radical (unpaired) electrons. The molecule has 0 saturated carbocycles. The van der Waals surface area contributed by atoms with Crippen LogP contribution in [-0.4, -0.2) is 109 Å². The highest BCUT2D eigenvalue weighted by molar-refractivity contribution is 6.33. The van der Waals surface area contributed by atoms with E-state index in [1.807, 2.05) is 43.0 Å². The number of ether oxygens (including phenoxy) is 2. The molecule has 7 heterocycles. The van der Waals surface area contributed by atoms with E-state index >= 15 is 0 Å². The summed E-state index contributed by atoms with van der Waals surface area (Å²) in [5.41, 5.74) is -0.710. The maximum atomic E-state index is 14.5. The minimum Gasteiger partial charge on any atom is -0.505 e. The Bertz CT molecular complexity index is 2580. The lowest BCUT2D eigenvalue weighted by molar-refractivity contribution is -0.148. The molecule has 1 unspecified atom stereocenters. The van der Waals surface area contributed by atoms with Crippen LogP contribution in [0.4, 0.5) is 24.5 Å². The third-order valence-electron chi connectivity index (χ3n) is 11.3. The Hall–Kier alpha value is -6.05. The van der Waals surface area contributed by atoms with Gasteiger partial charge in [-0.15, -0.1) is 5.10 Å². The number of carbonyl (C=O) groups is 3. The molecule has 0 aliphatic carbocycles. The second kappa shape index (κ2) is 16.4. The summed E-state index contributed by atoms with van der Waals surface area (Å²) in [6, 6.07) is 12.9. The van der Waals surface area contributed by atoms with E-state index in [-0.39, 0.29) is 90.4 Å². The molecule has 61 heavy (non-hydrogen) atoms. The zero-order chi connectivity index (χ0) is 43.2. The number of piperazine rings is 1. The largest absolute Gasteiger partial charge is 0.505 e. The fourth-order valence-corrected chi connectivity index (χ4v) is 8.55. The van der Waals surface area contributed by atoms with E-state index < -0.39 is 41.3 Å². The van der Waals surface area contributed by atoms with Crippen molar-refractivity contribution in [3.8, 4) is 17.1 Å². The number of carbonyl (C=O) groups excluding carboxylic acids is 3.